The maximum absolute atomic E-state index is 13.6. The third kappa shape index (κ3) is 3.85. The Labute approximate surface area is 151 Å². The Hall–Kier alpha value is -1.92. The molecule has 1 unspecified atom stereocenters. The zero-order valence-corrected chi connectivity index (χ0v) is 15.4. The average molecular weight is 363 g/mol. The minimum atomic E-state index is -0.197. The molecule has 1 heterocycles. The summed E-state index contributed by atoms with van der Waals surface area (Å²) in [6.07, 6.45) is 0.955. The molecule has 0 bridgehead atoms. The van der Waals surface area contributed by atoms with Gasteiger partial charge in [0.2, 0.25) is 0 Å². The SMILES string of the molecule is COc1cc(OC)c(OC)cc1CNC1CCSc2ccc(F)cc21. The first-order chi connectivity index (χ1) is 12.2. The van der Waals surface area contributed by atoms with Gasteiger partial charge in [-0.3, -0.25) is 0 Å². The summed E-state index contributed by atoms with van der Waals surface area (Å²) in [5.74, 6) is 2.83. The number of hydrogen-bond donors (Lipinski definition) is 1. The van der Waals surface area contributed by atoms with Crippen LogP contribution in [0.15, 0.2) is 35.2 Å². The molecule has 0 spiro atoms. The highest BCUT2D eigenvalue weighted by atomic mass is 32.2. The van der Waals surface area contributed by atoms with Crippen molar-refractivity contribution in [2.24, 2.45) is 0 Å². The smallest absolute Gasteiger partial charge is 0.164 e. The van der Waals surface area contributed by atoms with Crippen LogP contribution >= 0.6 is 11.8 Å². The fourth-order valence-corrected chi connectivity index (χ4v) is 4.15. The molecule has 0 aromatic heterocycles. The molecule has 0 fully saturated rings. The van der Waals surface area contributed by atoms with E-state index in [9.17, 15) is 4.39 Å². The van der Waals surface area contributed by atoms with Crippen LogP contribution in [0.5, 0.6) is 17.2 Å². The molecule has 1 aliphatic heterocycles. The summed E-state index contributed by atoms with van der Waals surface area (Å²) in [6, 6.07) is 8.86. The van der Waals surface area contributed by atoms with Gasteiger partial charge in [-0.15, -0.1) is 11.8 Å². The van der Waals surface area contributed by atoms with Crippen LogP contribution in [0.2, 0.25) is 0 Å². The van der Waals surface area contributed by atoms with Crippen molar-refractivity contribution in [3.8, 4) is 17.2 Å². The lowest BCUT2D eigenvalue weighted by molar-refractivity contribution is 0.346. The molecule has 0 radical (unpaired) electrons. The molecule has 1 aliphatic rings. The molecule has 0 amide bonds. The van der Waals surface area contributed by atoms with Gasteiger partial charge in [0.25, 0.3) is 0 Å². The summed E-state index contributed by atoms with van der Waals surface area (Å²) in [7, 11) is 4.84. The molecule has 0 saturated heterocycles. The van der Waals surface area contributed by atoms with Crippen LogP contribution in [0.3, 0.4) is 0 Å². The summed E-state index contributed by atoms with van der Waals surface area (Å²) in [6.45, 7) is 0.592. The number of methoxy groups -OCH3 is 3. The molecular formula is C19H22FNO3S. The van der Waals surface area contributed by atoms with E-state index in [0.717, 1.165) is 33.9 Å². The van der Waals surface area contributed by atoms with E-state index >= 15 is 0 Å². The molecule has 25 heavy (non-hydrogen) atoms. The summed E-state index contributed by atoms with van der Waals surface area (Å²) in [5.41, 5.74) is 1.99. The van der Waals surface area contributed by atoms with Crippen LogP contribution in [0, 0.1) is 5.82 Å². The van der Waals surface area contributed by atoms with Gasteiger partial charge in [0, 0.05) is 29.1 Å². The number of rotatable bonds is 6. The third-order valence-corrected chi connectivity index (χ3v) is 5.46. The predicted octanol–water partition coefficient (Wildman–Crippen LogP) is 4.18. The van der Waals surface area contributed by atoms with E-state index in [1.54, 1.807) is 39.2 Å². The third-order valence-electron chi connectivity index (χ3n) is 4.34. The highest BCUT2D eigenvalue weighted by Gasteiger charge is 2.22. The van der Waals surface area contributed by atoms with Crippen LogP contribution in [-0.2, 0) is 6.54 Å². The van der Waals surface area contributed by atoms with Crippen molar-refractivity contribution in [2.75, 3.05) is 27.1 Å². The number of thioether (sulfide) groups is 1. The van der Waals surface area contributed by atoms with Gasteiger partial charge in [-0.2, -0.15) is 0 Å². The lowest BCUT2D eigenvalue weighted by atomic mass is 10.0. The van der Waals surface area contributed by atoms with Crippen molar-refractivity contribution < 1.29 is 18.6 Å². The van der Waals surface area contributed by atoms with Crippen LogP contribution in [0.4, 0.5) is 4.39 Å². The number of hydrogen-bond acceptors (Lipinski definition) is 5. The Morgan fingerprint density at radius 1 is 1.04 bits per heavy atom. The van der Waals surface area contributed by atoms with Crippen molar-refractivity contribution in [3.05, 3.63) is 47.3 Å². The van der Waals surface area contributed by atoms with E-state index in [1.165, 1.54) is 6.07 Å². The van der Waals surface area contributed by atoms with Crippen molar-refractivity contribution in [2.45, 2.75) is 23.9 Å². The Bertz CT molecular complexity index is 754. The van der Waals surface area contributed by atoms with Gasteiger partial charge >= 0.3 is 0 Å². The van der Waals surface area contributed by atoms with Crippen molar-refractivity contribution in [1.82, 2.24) is 5.32 Å². The largest absolute Gasteiger partial charge is 0.496 e. The monoisotopic (exact) mass is 363 g/mol. The van der Waals surface area contributed by atoms with E-state index in [1.807, 2.05) is 18.2 Å². The molecule has 3 rings (SSSR count). The summed E-state index contributed by atoms with van der Waals surface area (Å²) >= 11 is 1.77. The molecule has 2 aromatic rings. The number of nitrogens with one attached hydrogen (secondary N) is 1. The van der Waals surface area contributed by atoms with Gasteiger partial charge in [-0.25, -0.2) is 4.39 Å². The van der Waals surface area contributed by atoms with Gasteiger partial charge in [0.15, 0.2) is 11.5 Å². The number of fused-ring (bicyclic) bond motifs is 1. The predicted molar refractivity (Wildman–Crippen MR) is 97.4 cm³/mol. The minimum absolute atomic E-state index is 0.116. The molecular weight excluding hydrogens is 341 g/mol. The van der Waals surface area contributed by atoms with E-state index in [-0.39, 0.29) is 11.9 Å². The quantitative estimate of drug-likeness (QED) is 0.834. The Kier molecular flexibility index (Phi) is 5.71. The summed E-state index contributed by atoms with van der Waals surface area (Å²) in [4.78, 5) is 1.14. The van der Waals surface area contributed by atoms with Gasteiger partial charge < -0.3 is 19.5 Å². The van der Waals surface area contributed by atoms with Crippen LogP contribution in [0.25, 0.3) is 0 Å². The zero-order chi connectivity index (χ0) is 17.8. The van der Waals surface area contributed by atoms with Gasteiger partial charge in [0.05, 0.1) is 21.3 Å². The second-order valence-corrected chi connectivity index (χ2v) is 6.91. The molecule has 4 nitrogen and oxygen atoms in total. The lowest BCUT2D eigenvalue weighted by Crippen LogP contribution is -2.24. The van der Waals surface area contributed by atoms with E-state index in [4.69, 9.17) is 14.2 Å². The molecule has 1 N–H and O–H groups in total. The van der Waals surface area contributed by atoms with E-state index < -0.39 is 0 Å². The van der Waals surface area contributed by atoms with Crippen LogP contribution in [-0.4, -0.2) is 27.1 Å². The Morgan fingerprint density at radius 3 is 2.48 bits per heavy atom. The first kappa shape index (κ1) is 17.9. The fraction of sp³-hybridized carbons (Fsp3) is 0.368. The Morgan fingerprint density at radius 2 is 1.76 bits per heavy atom. The van der Waals surface area contributed by atoms with Gasteiger partial charge in [-0.1, -0.05) is 0 Å². The first-order valence-electron chi connectivity index (χ1n) is 8.10. The maximum atomic E-state index is 13.6. The van der Waals surface area contributed by atoms with Crippen molar-refractivity contribution in [1.29, 1.82) is 0 Å². The van der Waals surface area contributed by atoms with Gasteiger partial charge in [0.1, 0.15) is 11.6 Å². The summed E-state index contributed by atoms with van der Waals surface area (Å²) in [5, 5.41) is 3.53. The maximum Gasteiger partial charge on any atom is 0.164 e. The molecule has 6 heteroatoms. The van der Waals surface area contributed by atoms with Crippen molar-refractivity contribution >= 4 is 11.8 Å². The minimum Gasteiger partial charge on any atom is -0.496 e. The zero-order valence-electron chi connectivity index (χ0n) is 14.6. The summed E-state index contributed by atoms with van der Waals surface area (Å²) < 4.78 is 29.8. The van der Waals surface area contributed by atoms with Crippen LogP contribution in [0.1, 0.15) is 23.6 Å². The van der Waals surface area contributed by atoms with E-state index in [2.05, 4.69) is 5.32 Å². The van der Waals surface area contributed by atoms with Crippen LogP contribution < -0.4 is 19.5 Å². The average Bonchev–Trinajstić information content (AvgIpc) is 2.65. The number of halogens is 1. The topological polar surface area (TPSA) is 39.7 Å². The fourth-order valence-electron chi connectivity index (χ4n) is 3.04. The lowest BCUT2D eigenvalue weighted by Gasteiger charge is -2.26. The Balaban J connectivity index is 1.82. The second kappa shape index (κ2) is 7.97. The molecule has 134 valence electrons. The highest BCUT2D eigenvalue weighted by Crippen LogP contribution is 2.38. The van der Waals surface area contributed by atoms with E-state index in [0.29, 0.717) is 18.0 Å². The second-order valence-electron chi connectivity index (χ2n) is 5.77. The molecule has 0 aliphatic carbocycles. The first-order valence-corrected chi connectivity index (χ1v) is 9.09. The molecule has 0 saturated carbocycles. The molecule has 1 atom stereocenters. The normalized spacial score (nSPS) is 16.2. The number of ether oxygens (including phenoxy) is 3. The van der Waals surface area contributed by atoms with Crippen molar-refractivity contribution in [3.63, 3.8) is 0 Å². The molecule has 2 aromatic carbocycles. The standard InChI is InChI=1S/C19H22FNO3S/c1-22-16-10-18(24-3)17(23-2)8-12(16)11-21-15-6-7-25-19-5-4-13(20)9-14(15)19/h4-5,8-10,15,21H,6-7,11H2,1-3H3. The highest BCUT2D eigenvalue weighted by molar-refractivity contribution is 7.99. The number of benzene rings is 2. The van der Waals surface area contributed by atoms with Gasteiger partial charge in [-0.05, 0) is 42.0 Å².